The lowest BCUT2D eigenvalue weighted by Crippen LogP contribution is -2.41. The van der Waals surface area contributed by atoms with Crippen molar-refractivity contribution in [2.24, 2.45) is 5.92 Å². The van der Waals surface area contributed by atoms with Gasteiger partial charge in [0.1, 0.15) is 4.47 Å². The first-order valence-corrected chi connectivity index (χ1v) is 7.83. The number of aromatic nitrogens is 2. The fraction of sp³-hybridized carbons (Fsp3) is 0.714. The van der Waals surface area contributed by atoms with Crippen molar-refractivity contribution in [2.75, 3.05) is 11.9 Å². The lowest BCUT2D eigenvalue weighted by atomic mass is 9.93. The number of anilines is 1. The Labute approximate surface area is 128 Å². The second-order valence-corrected chi connectivity index (χ2v) is 6.32. The number of nitrogens with one attached hydrogen (secondary N) is 1. The minimum atomic E-state index is -0.416. The SMILES string of the molecule is CCC(CC)(CO)Nc1cnn(CC(C)C)c(=O)c1Br. The smallest absolute Gasteiger partial charge is 0.283 e. The molecular formula is C14H24BrN3O2. The standard InChI is InChI=1S/C14H24BrN3O2/c1-5-14(6-2,9-19)17-11-7-16-18(8-10(3)4)13(20)12(11)15/h7,10,17,19H,5-6,8-9H2,1-4H3. The van der Waals surface area contributed by atoms with Crippen LogP contribution in [-0.2, 0) is 6.54 Å². The number of aliphatic hydroxyl groups excluding tert-OH is 1. The Kier molecular flexibility index (Phi) is 6.20. The molecule has 1 rings (SSSR count). The van der Waals surface area contributed by atoms with Gasteiger partial charge < -0.3 is 10.4 Å². The van der Waals surface area contributed by atoms with E-state index in [1.54, 1.807) is 6.20 Å². The summed E-state index contributed by atoms with van der Waals surface area (Å²) in [5.41, 5.74) is 0.0661. The lowest BCUT2D eigenvalue weighted by molar-refractivity contribution is 0.202. The summed E-state index contributed by atoms with van der Waals surface area (Å²) >= 11 is 3.34. The van der Waals surface area contributed by atoms with Crippen LogP contribution in [0.4, 0.5) is 5.69 Å². The second kappa shape index (κ2) is 7.22. The molecule has 114 valence electrons. The fourth-order valence-electron chi connectivity index (χ4n) is 2.00. The zero-order valence-electron chi connectivity index (χ0n) is 12.6. The highest BCUT2D eigenvalue weighted by molar-refractivity contribution is 9.10. The molecule has 0 unspecified atom stereocenters. The largest absolute Gasteiger partial charge is 0.394 e. The maximum absolute atomic E-state index is 12.2. The van der Waals surface area contributed by atoms with E-state index < -0.39 is 5.54 Å². The molecule has 0 radical (unpaired) electrons. The van der Waals surface area contributed by atoms with Crippen LogP contribution in [0.2, 0.25) is 0 Å². The van der Waals surface area contributed by atoms with E-state index in [1.807, 2.05) is 27.7 Å². The van der Waals surface area contributed by atoms with Crippen LogP contribution in [0.25, 0.3) is 0 Å². The van der Waals surface area contributed by atoms with Crippen molar-refractivity contribution in [1.29, 1.82) is 0 Å². The van der Waals surface area contributed by atoms with E-state index in [9.17, 15) is 9.90 Å². The van der Waals surface area contributed by atoms with Gasteiger partial charge in [0, 0.05) is 6.54 Å². The zero-order valence-corrected chi connectivity index (χ0v) is 14.2. The first-order valence-electron chi connectivity index (χ1n) is 7.03. The van der Waals surface area contributed by atoms with Crippen LogP contribution in [0.1, 0.15) is 40.5 Å². The van der Waals surface area contributed by atoms with Crippen molar-refractivity contribution in [1.82, 2.24) is 9.78 Å². The van der Waals surface area contributed by atoms with Crippen LogP contribution in [0.15, 0.2) is 15.5 Å². The van der Waals surface area contributed by atoms with Gasteiger partial charge in [-0.1, -0.05) is 27.7 Å². The molecular weight excluding hydrogens is 322 g/mol. The van der Waals surface area contributed by atoms with Gasteiger partial charge in [0.15, 0.2) is 0 Å². The Morgan fingerprint density at radius 2 is 2.05 bits per heavy atom. The minimum Gasteiger partial charge on any atom is -0.394 e. The Morgan fingerprint density at radius 3 is 2.50 bits per heavy atom. The number of hydrogen-bond acceptors (Lipinski definition) is 4. The topological polar surface area (TPSA) is 67.2 Å². The molecule has 1 aromatic heterocycles. The maximum Gasteiger partial charge on any atom is 0.283 e. The molecule has 5 nitrogen and oxygen atoms in total. The highest BCUT2D eigenvalue weighted by Crippen LogP contribution is 2.25. The third-order valence-corrected chi connectivity index (χ3v) is 4.35. The molecule has 0 atom stereocenters. The third-order valence-electron chi connectivity index (χ3n) is 3.58. The summed E-state index contributed by atoms with van der Waals surface area (Å²) < 4.78 is 1.92. The van der Waals surface area contributed by atoms with Crippen LogP contribution in [0.5, 0.6) is 0 Å². The molecule has 0 fully saturated rings. The summed E-state index contributed by atoms with van der Waals surface area (Å²) in [4.78, 5) is 12.2. The molecule has 2 N–H and O–H groups in total. The normalized spacial score (nSPS) is 11.9. The van der Waals surface area contributed by atoms with E-state index in [-0.39, 0.29) is 12.2 Å². The van der Waals surface area contributed by atoms with Crippen molar-refractivity contribution in [3.63, 3.8) is 0 Å². The lowest BCUT2D eigenvalue weighted by Gasteiger charge is -2.32. The van der Waals surface area contributed by atoms with Crippen LogP contribution in [0, 0.1) is 5.92 Å². The summed E-state index contributed by atoms with van der Waals surface area (Å²) in [6.45, 7) is 8.70. The average molecular weight is 346 g/mol. The van der Waals surface area contributed by atoms with E-state index in [1.165, 1.54) is 4.68 Å². The number of rotatable bonds is 7. The minimum absolute atomic E-state index is 0.0154. The van der Waals surface area contributed by atoms with Crippen LogP contribution in [0.3, 0.4) is 0 Å². The van der Waals surface area contributed by atoms with Crippen molar-refractivity contribution in [3.8, 4) is 0 Å². The highest BCUT2D eigenvalue weighted by Gasteiger charge is 2.26. The molecule has 1 aromatic rings. The fourth-order valence-corrected chi connectivity index (χ4v) is 2.41. The number of halogens is 1. The van der Waals surface area contributed by atoms with E-state index >= 15 is 0 Å². The first kappa shape index (κ1) is 17.2. The summed E-state index contributed by atoms with van der Waals surface area (Å²) in [6.07, 6.45) is 3.17. The molecule has 0 aliphatic carbocycles. The van der Waals surface area contributed by atoms with E-state index in [4.69, 9.17) is 0 Å². The predicted molar refractivity (Wildman–Crippen MR) is 85.1 cm³/mol. The molecule has 0 saturated heterocycles. The predicted octanol–water partition coefficient (Wildman–Crippen LogP) is 2.62. The molecule has 6 heteroatoms. The summed E-state index contributed by atoms with van der Waals surface area (Å²) in [7, 11) is 0. The third kappa shape index (κ3) is 3.82. The summed E-state index contributed by atoms with van der Waals surface area (Å²) in [5, 5.41) is 17.0. The monoisotopic (exact) mass is 345 g/mol. The average Bonchev–Trinajstić information content (AvgIpc) is 2.43. The van der Waals surface area contributed by atoms with Gasteiger partial charge in [-0.3, -0.25) is 4.79 Å². The molecule has 0 spiro atoms. The number of aliphatic hydroxyl groups is 1. The molecule has 0 aliphatic rings. The van der Waals surface area contributed by atoms with Gasteiger partial charge in [-0.25, -0.2) is 4.68 Å². The van der Waals surface area contributed by atoms with Gasteiger partial charge in [-0.2, -0.15) is 5.10 Å². The van der Waals surface area contributed by atoms with Crippen LogP contribution < -0.4 is 10.9 Å². The molecule has 0 aliphatic heterocycles. The molecule has 20 heavy (non-hydrogen) atoms. The number of hydrogen-bond donors (Lipinski definition) is 2. The van der Waals surface area contributed by atoms with Gasteiger partial charge in [0.25, 0.3) is 5.56 Å². The van der Waals surface area contributed by atoms with Crippen molar-refractivity contribution >= 4 is 21.6 Å². The zero-order chi connectivity index (χ0) is 15.3. The quantitative estimate of drug-likeness (QED) is 0.797. The Morgan fingerprint density at radius 1 is 1.45 bits per heavy atom. The van der Waals surface area contributed by atoms with Crippen molar-refractivity contribution in [2.45, 2.75) is 52.6 Å². The van der Waals surface area contributed by atoms with Crippen molar-refractivity contribution < 1.29 is 5.11 Å². The van der Waals surface area contributed by atoms with Crippen LogP contribution >= 0.6 is 15.9 Å². The van der Waals surface area contributed by atoms with Gasteiger partial charge in [0.05, 0.1) is 24.0 Å². The van der Waals surface area contributed by atoms with E-state index in [0.29, 0.717) is 22.6 Å². The van der Waals surface area contributed by atoms with Crippen LogP contribution in [-0.4, -0.2) is 27.0 Å². The van der Waals surface area contributed by atoms with E-state index in [0.717, 1.165) is 12.8 Å². The van der Waals surface area contributed by atoms with Gasteiger partial charge in [-0.05, 0) is 34.7 Å². The van der Waals surface area contributed by atoms with E-state index in [2.05, 4.69) is 26.3 Å². The molecule has 1 heterocycles. The summed E-state index contributed by atoms with van der Waals surface area (Å²) in [6, 6.07) is 0. The number of nitrogens with zero attached hydrogens (tertiary/aromatic N) is 2. The van der Waals surface area contributed by atoms with Gasteiger partial charge in [-0.15, -0.1) is 0 Å². The van der Waals surface area contributed by atoms with Gasteiger partial charge in [0.2, 0.25) is 0 Å². The Hall–Kier alpha value is -0.880. The van der Waals surface area contributed by atoms with Gasteiger partial charge >= 0.3 is 0 Å². The highest BCUT2D eigenvalue weighted by atomic mass is 79.9. The molecule has 0 saturated carbocycles. The molecule has 0 bridgehead atoms. The Bertz CT molecular complexity index is 487. The maximum atomic E-state index is 12.2. The molecule has 0 amide bonds. The molecule has 0 aromatic carbocycles. The first-order chi connectivity index (χ1) is 9.39. The summed E-state index contributed by atoms with van der Waals surface area (Å²) in [5.74, 6) is 0.355. The Balaban J connectivity index is 3.10. The second-order valence-electron chi connectivity index (χ2n) is 5.52. The van der Waals surface area contributed by atoms with Crippen molar-refractivity contribution in [3.05, 3.63) is 21.0 Å².